The number of carbonyl (C=O) groups excluding carboxylic acids is 1. The Bertz CT molecular complexity index is 351. The van der Waals surface area contributed by atoms with Crippen LogP contribution in [0.1, 0.15) is 58.8 Å². The Morgan fingerprint density at radius 3 is 2.70 bits per heavy atom. The van der Waals surface area contributed by atoms with Crippen molar-refractivity contribution in [1.29, 1.82) is 0 Å². The molecule has 0 aromatic heterocycles. The van der Waals surface area contributed by atoms with Crippen LogP contribution in [0.2, 0.25) is 0 Å². The Hall–Kier alpha value is -0.530. The zero-order chi connectivity index (χ0) is 16.2. The van der Waals surface area contributed by atoms with Crippen LogP contribution in [0.25, 0.3) is 0 Å². The van der Waals surface area contributed by atoms with E-state index < -0.39 is 0 Å². The van der Waals surface area contributed by atoms with Crippen LogP contribution < -0.4 is 5.32 Å². The van der Waals surface area contributed by atoms with Gasteiger partial charge in [0.15, 0.2) is 5.96 Å². The monoisotopic (exact) mass is 439 g/mol. The van der Waals surface area contributed by atoms with Gasteiger partial charge in [0.1, 0.15) is 0 Å². The third-order valence-corrected chi connectivity index (χ3v) is 4.06. The van der Waals surface area contributed by atoms with E-state index in [9.17, 15) is 4.79 Å². The van der Waals surface area contributed by atoms with Crippen LogP contribution in [0, 0.1) is 5.92 Å². The highest BCUT2D eigenvalue weighted by Crippen LogP contribution is 2.15. The van der Waals surface area contributed by atoms with Crippen molar-refractivity contribution in [3.63, 3.8) is 0 Å². The summed E-state index contributed by atoms with van der Waals surface area (Å²) in [6, 6.07) is 0. The maximum Gasteiger partial charge on any atom is 0.305 e. The van der Waals surface area contributed by atoms with E-state index in [2.05, 4.69) is 22.1 Å². The Kier molecular flexibility index (Phi) is 13.5. The molecular formula is C17H34IN3O2. The van der Waals surface area contributed by atoms with Crippen LogP contribution in [-0.2, 0) is 9.53 Å². The fourth-order valence-corrected chi connectivity index (χ4v) is 2.90. The number of ether oxygens (including phenoxy) is 1. The highest BCUT2D eigenvalue weighted by molar-refractivity contribution is 14.0. The van der Waals surface area contributed by atoms with Crippen molar-refractivity contribution in [3.05, 3.63) is 0 Å². The first kappa shape index (κ1) is 22.5. The molecule has 1 atom stereocenters. The van der Waals surface area contributed by atoms with Gasteiger partial charge in [-0.25, -0.2) is 0 Å². The van der Waals surface area contributed by atoms with Gasteiger partial charge in [-0.3, -0.25) is 9.79 Å². The summed E-state index contributed by atoms with van der Waals surface area (Å²) in [6.45, 7) is 7.82. The van der Waals surface area contributed by atoms with E-state index in [1.54, 1.807) is 0 Å². The van der Waals surface area contributed by atoms with Crippen LogP contribution in [0.15, 0.2) is 4.99 Å². The molecule has 1 unspecified atom stereocenters. The molecule has 5 nitrogen and oxygen atoms in total. The quantitative estimate of drug-likeness (QED) is 0.207. The highest BCUT2D eigenvalue weighted by Gasteiger charge is 2.18. The zero-order valence-electron chi connectivity index (χ0n) is 15.0. The van der Waals surface area contributed by atoms with Crippen LogP contribution in [0.4, 0.5) is 0 Å². The first-order chi connectivity index (χ1) is 10.7. The molecule has 6 heteroatoms. The number of aliphatic imine (C=N–C) groups is 1. The number of nitrogens with one attached hydrogen (secondary N) is 1. The first-order valence-corrected chi connectivity index (χ1v) is 8.78. The largest absolute Gasteiger partial charge is 0.466 e. The molecule has 0 saturated carbocycles. The molecule has 1 fully saturated rings. The number of halogens is 1. The molecule has 23 heavy (non-hydrogen) atoms. The number of carbonyl (C=O) groups is 1. The predicted molar refractivity (Wildman–Crippen MR) is 106 cm³/mol. The SMILES string of the molecule is CCOC(=O)CCCCCCNC(=NC)N1CCCC(C)C1.I. The summed E-state index contributed by atoms with van der Waals surface area (Å²) in [5.74, 6) is 1.73. The van der Waals surface area contributed by atoms with E-state index in [0.29, 0.717) is 13.0 Å². The van der Waals surface area contributed by atoms with Gasteiger partial charge in [-0.1, -0.05) is 19.8 Å². The summed E-state index contributed by atoms with van der Waals surface area (Å²) in [5, 5.41) is 3.46. The first-order valence-electron chi connectivity index (χ1n) is 8.78. The summed E-state index contributed by atoms with van der Waals surface area (Å²) in [4.78, 5) is 18.0. The van der Waals surface area contributed by atoms with Crippen molar-refractivity contribution < 1.29 is 9.53 Å². The molecule has 1 aliphatic rings. The van der Waals surface area contributed by atoms with Crippen molar-refractivity contribution >= 4 is 35.9 Å². The van der Waals surface area contributed by atoms with E-state index in [0.717, 1.165) is 57.2 Å². The molecule has 1 aliphatic heterocycles. The van der Waals surface area contributed by atoms with Gasteiger partial charge in [0.2, 0.25) is 0 Å². The van der Waals surface area contributed by atoms with Crippen LogP contribution in [-0.4, -0.2) is 50.1 Å². The minimum atomic E-state index is -0.0692. The molecule has 0 amide bonds. The topological polar surface area (TPSA) is 53.9 Å². The van der Waals surface area contributed by atoms with Crippen LogP contribution in [0.3, 0.4) is 0 Å². The Morgan fingerprint density at radius 2 is 2.04 bits per heavy atom. The molecule has 0 aliphatic carbocycles. The second-order valence-electron chi connectivity index (χ2n) is 6.14. The van der Waals surface area contributed by atoms with E-state index in [4.69, 9.17) is 4.74 Å². The highest BCUT2D eigenvalue weighted by atomic mass is 127. The van der Waals surface area contributed by atoms with Gasteiger partial charge in [0.25, 0.3) is 0 Å². The minimum absolute atomic E-state index is 0. The van der Waals surface area contributed by atoms with Gasteiger partial charge in [-0.2, -0.15) is 0 Å². The van der Waals surface area contributed by atoms with Crippen molar-refractivity contribution in [2.24, 2.45) is 10.9 Å². The Labute approximate surface area is 158 Å². The Balaban J connectivity index is 0.00000484. The normalized spacial score (nSPS) is 18.3. The lowest BCUT2D eigenvalue weighted by atomic mass is 10.0. The average Bonchev–Trinajstić information content (AvgIpc) is 2.50. The zero-order valence-corrected chi connectivity index (χ0v) is 17.3. The third-order valence-electron chi connectivity index (χ3n) is 4.06. The van der Waals surface area contributed by atoms with Crippen molar-refractivity contribution in [2.75, 3.05) is 33.3 Å². The minimum Gasteiger partial charge on any atom is -0.466 e. The van der Waals surface area contributed by atoms with Gasteiger partial charge in [0.05, 0.1) is 6.61 Å². The fraction of sp³-hybridized carbons (Fsp3) is 0.882. The van der Waals surface area contributed by atoms with E-state index in [-0.39, 0.29) is 29.9 Å². The smallest absolute Gasteiger partial charge is 0.305 e. The lowest BCUT2D eigenvalue weighted by Gasteiger charge is -2.33. The van der Waals surface area contributed by atoms with Gasteiger partial charge < -0.3 is 15.0 Å². The van der Waals surface area contributed by atoms with Crippen molar-refractivity contribution in [1.82, 2.24) is 10.2 Å². The van der Waals surface area contributed by atoms with Crippen molar-refractivity contribution in [2.45, 2.75) is 58.8 Å². The molecule has 1 rings (SSSR count). The van der Waals surface area contributed by atoms with E-state index in [1.807, 2.05) is 14.0 Å². The standard InChI is InChI=1S/C17H33N3O2.HI/c1-4-22-16(21)11-7-5-6-8-12-19-17(18-3)20-13-9-10-15(2)14-20;/h15H,4-14H2,1-3H3,(H,18,19);1H. The second kappa shape index (κ2) is 13.9. The van der Waals surface area contributed by atoms with E-state index >= 15 is 0 Å². The van der Waals surface area contributed by atoms with Crippen molar-refractivity contribution in [3.8, 4) is 0 Å². The number of likely N-dealkylation sites (tertiary alicyclic amines) is 1. The molecule has 0 aromatic carbocycles. The van der Waals surface area contributed by atoms with Gasteiger partial charge in [0, 0.05) is 33.1 Å². The van der Waals surface area contributed by atoms with Crippen LogP contribution >= 0.6 is 24.0 Å². The maximum atomic E-state index is 11.2. The number of nitrogens with zero attached hydrogens (tertiary/aromatic N) is 2. The lowest BCUT2D eigenvalue weighted by Crippen LogP contribution is -2.46. The molecule has 0 aromatic rings. The molecular weight excluding hydrogens is 405 g/mol. The summed E-state index contributed by atoms with van der Waals surface area (Å²) in [6.07, 6.45) is 7.40. The molecule has 1 heterocycles. The summed E-state index contributed by atoms with van der Waals surface area (Å²) in [5.41, 5.74) is 0. The molecule has 1 N–H and O–H groups in total. The summed E-state index contributed by atoms with van der Waals surface area (Å²) < 4.78 is 4.92. The number of hydrogen-bond acceptors (Lipinski definition) is 3. The third kappa shape index (κ3) is 10.0. The molecule has 136 valence electrons. The predicted octanol–water partition coefficient (Wildman–Crippen LogP) is 3.43. The lowest BCUT2D eigenvalue weighted by molar-refractivity contribution is -0.143. The summed E-state index contributed by atoms with van der Waals surface area (Å²) >= 11 is 0. The second-order valence-corrected chi connectivity index (χ2v) is 6.14. The molecule has 0 spiro atoms. The van der Waals surface area contributed by atoms with Crippen LogP contribution in [0.5, 0.6) is 0 Å². The maximum absolute atomic E-state index is 11.2. The van der Waals surface area contributed by atoms with E-state index in [1.165, 1.54) is 12.8 Å². The van der Waals surface area contributed by atoms with Gasteiger partial charge in [-0.15, -0.1) is 24.0 Å². The molecule has 0 bridgehead atoms. The number of piperidine rings is 1. The fourth-order valence-electron chi connectivity index (χ4n) is 2.90. The number of esters is 1. The molecule has 1 saturated heterocycles. The summed E-state index contributed by atoms with van der Waals surface area (Å²) in [7, 11) is 1.86. The van der Waals surface area contributed by atoms with Gasteiger partial charge in [-0.05, 0) is 38.5 Å². The number of unbranched alkanes of at least 4 members (excludes halogenated alkanes) is 3. The number of hydrogen-bond donors (Lipinski definition) is 1. The number of rotatable bonds is 8. The molecule has 0 radical (unpaired) electrons. The Morgan fingerprint density at radius 1 is 1.30 bits per heavy atom. The van der Waals surface area contributed by atoms with Gasteiger partial charge >= 0.3 is 5.97 Å². The number of guanidine groups is 1. The average molecular weight is 439 g/mol.